The molecular weight excluding hydrogens is 488 g/mol. The zero-order chi connectivity index (χ0) is 27.1. The Labute approximate surface area is 225 Å². The number of benzene rings is 3. The molecule has 0 aliphatic carbocycles. The van der Waals surface area contributed by atoms with Gasteiger partial charge in [0.1, 0.15) is 0 Å². The number of aryl methyl sites for hydroxylation is 1. The van der Waals surface area contributed by atoms with Crippen molar-refractivity contribution < 1.29 is 9.59 Å². The first-order valence-corrected chi connectivity index (χ1v) is 12.7. The van der Waals surface area contributed by atoms with Gasteiger partial charge in [-0.1, -0.05) is 60.7 Å². The van der Waals surface area contributed by atoms with Crippen molar-refractivity contribution in [1.29, 1.82) is 0 Å². The van der Waals surface area contributed by atoms with Crippen LogP contribution in [0.5, 0.6) is 0 Å². The highest BCUT2D eigenvalue weighted by Crippen LogP contribution is 2.25. The lowest BCUT2D eigenvalue weighted by Crippen LogP contribution is -2.38. The van der Waals surface area contributed by atoms with Crippen molar-refractivity contribution in [1.82, 2.24) is 9.78 Å². The van der Waals surface area contributed by atoms with Crippen LogP contribution >= 0.6 is 0 Å². The first-order chi connectivity index (χ1) is 18.9. The highest BCUT2D eigenvalue weighted by Gasteiger charge is 2.35. The highest BCUT2D eigenvalue weighted by molar-refractivity contribution is 6.48. The van der Waals surface area contributed by atoms with Crippen molar-refractivity contribution in [2.45, 2.75) is 20.8 Å². The Morgan fingerprint density at radius 1 is 0.692 bits per heavy atom. The van der Waals surface area contributed by atoms with Crippen LogP contribution in [0.1, 0.15) is 19.5 Å². The first kappa shape index (κ1) is 24.2. The van der Waals surface area contributed by atoms with E-state index in [0.717, 1.165) is 5.69 Å². The van der Waals surface area contributed by atoms with Crippen molar-refractivity contribution in [3.05, 3.63) is 107 Å². The number of hydrogen-bond donors (Lipinski definition) is 0. The van der Waals surface area contributed by atoms with Gasteiger partial charge < -0.3 is 0 Å². The zero-order valence-corrected chi connectivity index (χ0v) is 21.8. The van der Waals surface area contributed by atoms with Gasteiger partial charge in [0.05, 0.1) is 51.0 Å². The molecule has 0 spiro atoms. The molecule has 8 heteroatoms. The Kier molecular flexibility index (Phi) is 5.99. The molecule has 192 valence electrons. The fourth-order valence-electron chi connectivity index (χ4n) is 4.95. The predicted molar refractivity (Wildman–Crippen MR) is 153 cm³/mol. The van der Waals surface area contributed by atoms with Crippen LogP contribution in [0.4, 0.5) is 11.4 Å². The molecule has 1 aromatic heterocycles. The van der Waals surface area contributed by atoms with Gasteiger partial charge in [-0.05, 0) is 57.2 Å². The molecule has 1 atom stereocenters. The fourth-order valence-corrected chi connectivity index (χ4v) is 4.95. The quantitative estimate of drug-likeness (QED) is 0.418. The van der Waals surface area contributed by atoms with Crippen LogP contribution in [0.25, 0.3) is 17.3 Å². The molecule has 0 bridgehead atoms. The normalized spacial score (nSPS) is 19.2. The molecule has 1 unspecified atom stereocenters. The third-order valence-corrected chi connectivity index (χ3v) is 6.88. The van der Waals surface area contributed by atoms with Crippen LogP contribution < -0.4 is 20.6 Å². The van der Waals surface area contributed by atoms with E-state index < -0.39 is 5.92 Å². The van der Waals surface area contributed by atoms with Gasteiger partial charge in [-0.15, -0.1) is 0 Å². The molecular formula is C31H26N6O2. The van der Waals surface area contributed by atoms with E-state index >= 15 is 0 Å². The van der Waals surface area contributed by atoms with E-state index in [4.69, 9.17) is 5.10 Å². The minimum absolute atomic E-state index is 0.157. The molecule has 0 fully saturated rings. The Morgan fingerprint density at radius 3 is 1.82 bits per heavy atom. The summed E-state index contributed by atoms with van der Waals surface area (Å²) in [5.74, 6) is -1.01. The van der Waals surface area contributed by atoms with Crippen molar-refractivity contribution in [2.75, 3.05) is 10.0 Å². The number of amides is 2. The van der Waals surface area contributed by atoms with Crippen molar-refractivity contribution >= 4 is 46.3 Å². The molecule has 2 aliphatic rings. The number of rotatable bonds is 4. The SMILES string of the molecule is CC1=NN(c2ccccc2)C(=O)/C1=c1/c(=C/C2C(=O)N(c3ccccc3)N=C2C)c(C)nn1-c1ccccc1. The standard InChI is InChI=1S/C31H26N6O2/c1-20-26(19-27-21(2)33-36(30(27)38)24-15-9-5-10-16-24)29(35(32-20)23-13-7-4-8-14-23)28-22(3)34-37(31(28)39)25-17-11-6-12-18-25/h4-19,27H,1-3H3/b26-19+,29-28-. The third-order valence-electron chi connectivity index (χ3n) is 6.88. The van der Waals surface area contributed by atoms with Crippen LogP contribution in [0.2, 0.25) is 0 Å². The summed E-state index contributed by atoms with van der Waals surface area (Å²) in [5, 5.41) is 18.1. The van der Waals surface area contributed by atoms with Crippen molar-refractivity contribution in [2.24, 2.45) is 16.1 Å². The van der Waals surface area contributed by atoms with Crippen LogP contribution in [0.3, 0.4) is 0 Å². The topological polar surface area (TPSA) is 83.2 Å². The lowest BCUT2D eigenvalue weighted by Gasteiger charge is -2.12. The van der Waals surface area contributed by atoms with Gasteiger partial charge >= 0.3 is 0 Å². The number of hydrogen-bond acceptors (Lipinski definition) is 5. The number of carbonyl (C=O) groups is 2. The average molecular weight is 515 g/mol. The van der Waals surface area contributed by atoms with Gasteiger partial charge in [-0.3, -0.25) is 9.59 Å². The van der Waals surface area contributed by atoms with Gasteiger partial charge in [0.15, 0.2) is 0 Å². The molecule has 6 rings (SSSR count). The number of carbonyl (C=O) groups excluding carboxylic acids is 2. The number of hydrazone groups is 2. The van der Waals surface area contributed by atoms with Crippen molar-refractivity contribution in [3.63, 3.8) is 0 Å². The Morgan fingerprint density at radius 2 is 1.23 bits per heavy atom. The van der Waals surface area contributed by atoms with Crippen LogP contribution in [0, 0.1) is 12.8 Å². The van der Waals surface area contributed by atoms with Gasteiger partial charge in [0.25, 0.3) is 11.8 Å². The summed E-state index contributed by atoms with van der Waals surface area (Å²) in [5.41, 5.74) is 4.56. The monoisotopic (exact) mass is 514 g/mol. The first-order valence-electron chi connectivity index (χ1n) is 12.7. The van der Waals surface area contributed by atoms with Crippen molar-refractivity contribution in [3.8, 4) is 5.69 Å². The Hall–Kier alpha value is -5.11. The number of nitrogens with zero attached hydrogens (tertiary/aromatic N) is 6. The maximum absolute atomic E-state index is 13.9. The van der Waals surface area contributed by atoms with E-state index in [1.807, 2.05) is 118 Å². The highest BCUT2D eigenvalue weighted by atomic mass is 16.2. The average Bonchev–Trinajstić information content (AvgIpc) is 3.55. The van der Waals surface area contributed by atoms with Crippen LogP contribution in [0.15, 0.2) is 101 Å². The number of aromatic nitrogens is 2. The fraction of sp³-hybridized carbons (Fsp3) is 0.129. The van der Waals surface area contributed by atoms with E-state index in [1.54, 1.807) is 4.68 Å². The molecule has 0 radical (unpaired) electrons. The second-order valence-electron chi connectivity index (χ2n) is 9.48. The second kappa shape index (κ2) is 9.64. The molecule has 8 nitrogen and oxygen atoms in total. The maximum atomic E-state index is 13.9. The molecule has 4 aromatic rings. The summed E-state index contributed by atoms with van der Waals surface area (Å²) in [6.45, 7) is 5.55. The molecule has 2 aliphatic heterocycles. The number of anilines is 2. The summed E-state index contributed by atoms with van der Waals surface area (Å²) in [7, 11) is 0. The van der Waals surface area contributed by atoms with E-state index in [9.17, 15) is 9.59 Å². The predicted octanol–water partition coefficient (Wildman–Crippen LogP) is 3.57. The smallest absolute Gasteiger partial charge is 0.271 e. The molecule has 3 aromatic carbocycles. The minimum atomic E-state index is -0.601. The molecule has 3 heterocycles. The maximum Gasteiger partial charge on any atom is 0.282 e. The Balaban J connectivity index is 1.57. The minimum Gasteiger partial charge on any atom is -0.271 e. The van der Waals surface area contributed by atoms with E-state index in [-0.39, 0.29) is 11.8 Å². The van der Waals surface area contributed by atoms with Gasteiger partial charge in [0, 0.05) is 5.22 Å². The Bertz CT molecular complexity index is 1770. The van der Waals surface area contributed by atoms with E-state index in [1.165, 1.54) is 10.0 Å². The lowest BCUT2D eigenvalue weighted by molar-refractivity contribution is -0.118. The lowest BCUT2D eigenvalue weighted by atomic mass is 10.0. The largest absolute Gasteiger partial charge is 0.282 e. The zero-order valence-electron chi connectivity index (χ0n) is 21.8. The summed E-state index contributed by atoms with van der Waals surface area (Å²) in [6.07, 6.45) is 1.87. The molecule has 2 amide bonds. The van der Waals surface area contributed by atoms with Crippen LogP contribution in [-0.2, 0) is 9.59 Å². The summed E-state index contributed by atoms with van der Waals surface area (Å²) < 4.78 is 1.77. The molecule has 39 heavy (non-hydrogen) atoms. The molecule has 0 N–H and O–H groups in total. The summed E-state index contributed by atoms with van der Waals surface area (Å²) in [6, 6.07) is 28.3. The summed E-state index contributed by atoms with van der Waals surface area (Å²) in [4.78, 5) is 27.4. The second-order valence-corrected chi connectivity index (χ2v) is 9.48. The van der Waals surface area contributed by atoms with Gasteiger partial charge in [-0.2, -0.15) is 25.3 Å². The molecule has 0 saturated carbocycles. The molecule has 0 saturated heterocycles. The van der Waals surface area contributed by atoms with Gasteiger partial charge in [0.2, 0.25) is 0 Å². The third kappa shape index (κ3) is 4.16. The number of para-hydroxylation sites is 3. The van der Waals surface area contributed by atoms with Crippen LogP contribution in [-0.4, -0.2) is 33.0 Å². The van der Waals surface area contributed by atoms with E-state index in [0.29, 0.717) is 44.6 Å². The van der Waals surface area contributed by atoms with Gasteiger partial charge in [-0.25, -0.2) is 4.68 Å². The van der Waals surface area contributed by atoms with E-state index in [2.05, 4.69) is 10.2 Å². The summed E-state index contributed by atoms with van der Waals surface area (Å²) >= 11 is 0.